The highest BCUT2D eigenvalue weighted by Crippen LogP contribution is 2.26. The first kappa shape index (κ1) is 13.3. The van der Waals surface area contributed by atoms with Crippen LogP contribution in [-0.2, 0) is 6.61 Å². The number of nitrogens with zero attached hydrogens (tertiary/aromatic N) is 3. The van der Waals surface area contributed by atoms with E-state index in [1.807, 2.05) is 29.7 Å². The fraction of sp³-hybridized carbons (Fsp3) is 0.133. The summed E-state index contributed by atoms with van der Waals surface area (Å²) in [5.74, 6) is 0. The molecule has 0 unspecified atom stereocenters. The van der Waals surface area contributed by atoms with Gasteiger partial charge in [-0.05, 0) is 30.7 Å². The second-order valence-electron chi connectivity index (χ2n) is 4.80. The van der Waals surface area contributed by atoms with E-state index in [0.29, 0.717) is 11.4 Å². The van der Waals surface area contributed by atoms with E-state index < -0.39 is 4.92 Å². The number of rotatable bonds is 3. The molecule has 0 aliphatic rings. The Hall–Kier alpha value is -2.73. The lowest BCUT2D eigenvalue weighted by molar-refractivity contribution is -0.384. The molecule has 0 fully saturated rings. The van der Waals surface area contributed by atoms with Gasteiger partial charge in [-0.3, -0.25) is 10.1 Å². The number of hydrogen-bond donors (Lipinski definition) is 1. The summed E-state index contributed by atoms with van der Waals surface area (Å²) in [6.45, 7) is 1.81. The Morgan fingerprint density at radius 2 is 1.95 bits per heavy atom. The van der Waals surface area contributed by atoms with Gasteiger partial charge >= 0.3 is 0 Å². The molecule has 0 saturated heterocycles. The summed E-state index contributed by atoms with van der Waals surface area (Å²) in [6, 6.07) is 9.99. The van der Waals surface area contributed by atoms with E-state index in [0.717, 1.165) is 16.8 Å². The first-order valence-corrected chi connectivity index (χ1v) is 6.43. The Morgan fingerprint density at radius 1 is 1.24 bits per heavy atom. The molecular formula is C15H13N3O3. The number of pyridine rings is 1. The van der Waals surface area contributed by atoms with Crippen LogP contribution in [0.25, 0.3) is 16.9 Å². The monoisotopic (exact) mass is 283 g/mol. The molecular weight excluding hydrogens is 270 g/mol. The number of aliphatic hydroxyl groups excluding tert-OH is 1. The summed E-state index contributed by atoms with van der Waals surface area (Å²) in [7, 11) is 0. The van der Waals surface area contributed by atoms with Gasteiger partial charge in [0.1, 0.15) is 5.65 Å². The predicted molar refractivity (Wildman–Crippen MR) is 77.9 cm³/mol. The molecule has 6 heteroatoms. The van der Waals surface area contributed by atoms with Crippen molar-refractivity contribution >= 4 is 11.3 Å². The number of non-ortho nitro benzene ring substituents is 1. The van der Waals surface area contributed by atoms with Crippen molar-refractivity contribution in [3.05, 3.63) is 64.0 Å². The molecule has 0 radical (unpaired) electrons. The summed E-state index contributed by atoms with van der Waals surface area (Å²) in [5, 5.41) is 20.3. The van der Waals surface area contributed by atoms with Crippen LogP contribution in [0.2, 0.25) is 0 Å². The third-order valence-electron chi connectivity index (χ3n) is 3.37. The molecule has 1 N–H and O–H groups in total. The maximum atomic E-state index is 10.7. The molecule has 106 valence electrons. The minimum absolute atomic E-state index is 0.0314. The molecule has 3 rings (SSSR count). The SMILES string of the molecule is Cc1ccc2nc(-c3ccc([N+](=O)[O-])cc3)c(CO)n2c1. The first-order valence-electron chi connectivity index (χ1n) is 6.43. The Balaban J connectivity index is 2.17. The van der Waals surface area contributed by atoms with Gasteiger partial charge in [-0.2, -0.15) is 0 Å². The van der Waals surface area contributed by atoms with Gasteiger partial charge in [0.15, 0.2) is 0 Å². The van der Waals surface area contributed by atoms with Crippen LogP contribution >= 0.6 is 0 Å². The summed E-state index contributed by atoms with van der Waals surface area (Å²) >= 11 is 0. The molecule has 0 atom stereocenters. The molecule has 0 aliphatic carbocycles. The average Bonchev–Trinajstić information content (AvgIpc) is 2.85. The normalized spacial score (nSPS) is 11.0. The number of benzene rings is 1. The van der Waals surface area contributed by atoms with Crippen LogP contribution in [0.1, 0.15) is 11.3 Å². The highest BCUT2D eigenvalue weighted by atomic mass is 16.6. The quantitative estimate of drug-likeness (QED) is 0.592. The molecule has 0 saturated carbocycles. The first-order chi connectivity index (χ1) is 10.1. The maximum Gasteiger partial charge on any atom is 0.269 e. The zero-order chi connectivity index (χ0) is 15.0. The van der Waals surface area contributed by atoms with Gasteiger partial charge in [-0.15, -0.1) is 0 Å². The van der Waals surface area contributed by atoms with E-state index in [2.05, 4.69) is 4.98 Å². The lowest BCUT2D eigenvalue weighted by atomic mass is 10.1. The van der Waals surface area contributed by atoms with Crippen LogP contribution in [0.5, 0.6) is 0 Å². The van der Waals surface area contributed by atoms with E-state index in [1.54, 1.807) is 12.1 Å². The van der Waals surface area contributed by atoms with Crippen molar-refractivity contribution in [2.45, 2.75) is 13.5 Å². The molecule has 0 spiro atoms. The molecule has 0 aliphatic heterocycles. The third-order valence-corrected chi connectivity index (χ3v) is 3.37. The summed E-state index contributed by atoms with van der Waals surface area (Å²) in [6.07, 6.45) is 1.91. The third kappa shape index (κ3) is 2.25. The summed E-state index contributed by atoms with van der Waals surface area (Å²) < 4.78 is 1.84. The molecule has 21 heavy (non-hydrogen) atoms. The number of fused-ring (bicyclic) bond motifs is 1. The van der Waals surface area contributed by atoms with Gasteiger partial charge in [-0.25, -0.2) is 4.98 Å². The van der Waals surface area contributed by atoms with Crippen LogP contribution in [0, 0.1) is 17.0 Å². The Bertz CT molecular complexity index is 822. The minimum atomic E-state index is -0.441. The lowest BCUT2D eigenvalue weighted by Crippen LogP contribution is -1.95. The van der Waals surface area contributed by atoms with Crippen molar-refractivity contribution in [1.29, 1.82) is 0 Å². The van der Waals surface area contributed by atoms with Crippen LogP contribution in [0.4, 0.5) is 5.69 Å². The van der Waals surface area contributed by atoms with Gasteiger partial charge in [0.05, 0.1) is 22.9 Å². The highest BCUT2D eigenvalue weighted by molar-refractivity contribution is 5.67. The molecule has 2 aromatic heterocycles. The predicted octanol–water partition coefficient (Wildman–Crippen LogP) is 2.71. The number of nitro benzene ring substituents is 1. The van der Waals surface area contributed by atoms with E-state index in [-0.39, 0.29) is 12.3 Å². The Labute approximate surface area is 120 Å². The van der Waals surface area contributed by atoms with Crippen molar-refractivity contribution < 1.29 is 10.0 Å². The number of aliphatic hydroxyl groups is 1. The molecule has 1 aromatic carbocycles. The molecule has 0 bridgehead atoms. The average molecular weight is 283 g/mol. The lowest BCUT2D eigenvalue weighted by Gasteiger charge is -2.02. The largest absolute Gasteiger partial charge is 0.390 e. The zero-order valence-electron chi connectivity index (χ0n) is 11.4. The smallest absolute Gasteiger partial charge is 0.269 e. The summed E-state index contributed by atoms with van der Waals surface area (Å²) in [4.78, 5) is 14.8. The van der Waals surface area contributed by atoms with E-state index >= 15 is 0 Å². The van der Waals surface area contributed by atoms with Gasteiger partial charge < -0.3 is 9.51 Å². The van der Waals surface area contributed by atoms with Crippen LogP contribution in [0.3, 0.4) is 0 Å². The van der Waals surface area contributed by atoms with Crippen LogP contribution in [-0.4, -0.2) is 19.4 Å². The number of aromatic nitrogens is 2. The minimum Gasteiger partial charge on any atom is -0.390 e. The molecule has 6 nitrogen and oxygen atoms in total. The van der Waals surface area contributed by atoms with Crippen molar-refractivity contribution in [3.63, 3.8) is 0 Å². The number of hydrogen-bond acceptors (Lipinski definition) is 4. The Morgan fingerprint density at radius 3 is 2.57 bits per heavy atom. The molecule has 3 aromatic rings. The van der Waals surface area contributed by atoms with Gasteiger partial charge in [0.25, 0.3) is 5.69 Å². The fourth-order valence-electron chi connectivity index (χ4n) is 2.32. The number of aryl methyl sites for hydroxylation is 1. The van der Waals surface area contributed by atoms with E-state index in [4.69, 9.17) is 0 Å². The number of nitro groups is 1. The van der Waals surface area contributed by atoms with Crippen molar-refractivity contribution in [2.75, 3.05) is 0 Å². The van der Waals surface area contributed by atoms with Crippen molar-refractivity contribution in [2.24, 2.45) is 0 Å². The molecule has 0 amide bonds. The summed E-state index contributed by atoms with van der Waals surface area (Å²) in [5.41, 5.74) is 3.87. The van der Waals surface area contributed by atoms with Crippen molar-refractivity contribution in [3.8, 4) is 11.3 Å². The zero-order valence-corrected chi connectivity index (χ0v) is 11.4. The van der Waals surface area contributed by atoms with E-state index in [9.17, 15) is 15.2 Å². The fourth-order valence-corrected chi connectivity index (χ4v) is 2.32. The maximum absolute atomic E-state index is 10.7. The van der Waals surface area contributed by atoms with E-state index in [1.165, 1.54) is 12.1 Å². The van der Waals surface area contributed by atoms with Crippen LogP contribution in [0.15, 0.2) is 42.6 Å². The van der Waals surface area contributed by atoms with Crippen LogP contribution < -0.4 is 0 Å². The highest BCUT2D eigenvalue weighted by Gasteiger charge is 2.14. The standard InChI is InChI=1S/C15H13N3O3/c1-10-2-7-14-16-15(13(9-19)17(14)8-10)11-3-5-12(6-4-11)18(20)21/h2-8,19H,9H2,1H3. The van der Waals surface area contributed by atoms with Crippen molar-refractivity contribution in [1.82, 2.24) is 9.38 Å². The second-order valence-corrected chi connectivity index (χ2v) is 4.80. The topological polar surface area (TPSA) is 80.7 Å². The van der Waals surface area contributed by atoms with Gasteiger partial charge in [0, 0.05) is 23.9 Å². The Kier molecular flexibility index (Phi) is 3.15. The molecule has 2 heterocycles. The van der Waals surface area contributed by atoms with Gasteiger partial charge in [-0.1, -0.05) is 6.07 Å². The number of imidazole rings is 1. The van der Waals surface area contributed by atoms with Gasteiger partial charge in [0.2, 0.25) is 0 Å². The second kappa shape index (κ2) is 4.99.